The molecule has 1 saturated heterocycles. The molecule has 1 aliphatic heterocycles. The van der Waals surface area contributed by atoms with Gasteiger partial charge in [-0.05, 0) is 11.6 Å². The van der Waals surface area contributed by atoms with Crippen LogP contribution in [0.3, 0.4) is 0 Å². The van der Waals surface area contributed by atoms with E-state index in [0.29, 0.717) is 19.8 Å². The first-order valence-corrected chi connectivity index (χ1v) is 8.79. The van der Waals surface area contributed by atoms with Gasteiger partial charge in [0.2, 0.25) is 5.91 Å². The zero-order chi connectivity index (χ0) is 17.5. The topological polar surface area (TPSA) is 72.3 Å². The van der Waals surface area contributed by atoms with Crippen LogP contribution < -0.4 is 5.32 Å². The molecule has 0 bridgehead atoms. The zero-order valence-corrected chi connectivity index (χ0v) is 14.6. The minimum Gasteiger partial charge on any atom is -0.379 e. The van der Waals surface area contributed by atoms with Crippen molar-refractivity contribution in [1.29, 1.82) is 0 Å². The number of morpholine rings is 1. The maximum atomic E-state index is 12.9. The van der Waals surface area contributed by atoms with Crippen molar-refractivity contribution < 1.29 is 9.53 Å². The standard InChI is InChI=1S/C18H25N5O2/c1-2-16-20-6-8-22(16)9-7-21-18(24)17(15-4-3-5-19-14-15)23-10-12-25-13-11-23/h3-6,8,14,17H,2,7,9-13H2,1H3,(H,21,24)/t17-/m1/s1. The van der Waals surface area contributed by atoms with E-state index < -0.39 is 0 Å². The Labute approximate surface area is 148 Å². The molecule has 0 aromatic carbocycles. The second-order valence-corrected chi connectivity index (χ2v) is 6.02. The van der Waals surface area contributed by atoms with Crippen LogP contribution >= 0.6 is 0 Å². The first-order valence-electron chi connectivity index (χ1n) is 8.79. The Morgan fingerprint density at radius 2 is 2.20 bits per heavy atom. The number of hydrogen-bond acceptors (Lipinski definition) is 5. The van der Waals surface area contributed by atoms with Crippen LogP contribution in [0.5, 0.6) is 0 Å². The van der Waals surface area contributed by atoms with Crippen LogP contribution in [0.2, 0.25) is 0 Å². The molecule has 2 aromatic rings. The summed E-state index contributed by atoms with van der Waals surface area (Å²) < 4.78 is 7.50. The smallest absolute Gasteiger partial charge is 0.242 e. The summed E-state index contributed by atoms with van der Waals surface area (Å²) in [5.41, 5.74) is 0.916. The predicted molar refractivity (Wildman–Crippen MR) is 94.0 cm³/mol. The van der Waals surface area contributed by atoms with Gasteiger partial charge in [0.15, 0.2) is 0 Å². The fraction of sp³-hybridized carbons (Fsp3) is 0.500. The minimum atomic E-state index is -0.328. The number of hydrogen-bond donors (Lipinski definition) is 1. The number of rotatable bonds is 7. The molecule has 1 amide bonds. The van der Waals surface area contributed by atoms with Crippen LogP contribution in [0.4, 0.5) is 0 Å². The lowest BCUT2D eigenvalue weighted by molar-refractivity contribution is -0.128. The maximum Gasteiger partial charge on any atom is 0.242 e. The molecular formula is C18H25N5O2. The summed E-state index contributed by atoms with van der Waals surface area (Å²) in [6, 6.07) is 3.50. The molecule has 0 unspecified atom stereocenters. The van der Waals surface area contributed by atoms with Gasteiger partial charge in [0.25, 0.3) is 0 Å². The van der Waals surface area contributed by atoms with Crippen molar-refractivity contribution in [3.05, 3.63) is 48.3 Å². The number of aromatic nitrogens is 3. The summed E-state index contributed by atoms with van der Waals surface area (Å²) in [4.78, 5) is 23.5. The SMILES string of the molecule is CCc1nccn1CCNC(=O)[C@@H](c1cccnc1)N1CCOCC1. The van der Waals surface area contributed by atoms with E-state index in [9.17, 15) is 4.79 Å². The third kappa shape index (κ3) is 4.43. The molecule has 0 aliphatic carbocycles. The van der Waals surface area contributed by atoms with Crippen molar-refractivity contribution >= 4 is 5.91 Å². The molecule has 1 N–H and O–H groups in total. The van der Waals surface area contributed by atoms with Crippen molar-refractivity contribution in [2.45, 2.75) is 25.9 Å². The monoisotopic (exact) mass is 343 g/mol. The van der Waals surface area contributed by atoms with Crippen LogP contribution in [-0.4, -0.2) is 58.2 Å². The Morgan fingerprint density at radius 3 is 2.92 bits per heavy atom. The van der Waals surface area contributed by atoms with Gasteiger partial charge in [0, 0.05) is 57.4 Å². The van der Waals surface area contributed by atoms with Crippen molar-refractivity contribution in [3.63, 3.8) is 0 Å². The van der Waals surface area contributed by atoms with E-state index in [1.54, 1.807) is 18.6 Å². The van der Waals surface area contributed by atoms with Gasteiger partial charge < -0.3 is 14.6 Å². The number of pyridine rings is 1. The predicted octanol–water partition coefficient (Wildman–Crippen LogP) is 1.03. The lowest BCUT2D eigenvalue weighted by Crippen LogP contribution is -2.46. The molecule has 1 atom stereocenters. The van der Waals surface area contributed by atoms with Gasteiger partial charge in [-0.15, -0.1) is 0 Å². The second kappa shape index (κ2) is 8.73. The highest BCUT2D eigenvalue weighted by atomic mass is 16.5. The van der Waals surface area contributed by atoms with Crippen molar-refractivity contribution in [2.75, 3.05) is 32.8 Å². The fourth-order valence-corrected chi connectivity index (χ4v) is 3.16. The first-order chi connectivity index (χ1) is 12.3. The van der Waals surface area contributed by atoms with E-state index in [1.165, 1.54) is 0 Å². The molecule has 3 heterocycles. The molecule has 1 aliphatic rings. The van der Waals surface area contributed by atoms with Gasteiger partial charge >= 0.3 is 0 Å². The Morgan fingerprint density at radius 1 is 1.36 bits per heavy atom. The Bertz CT molecular complexity index is 667. The average Bonchev–Trinajstić information content (AvgIpc) is 3.11. The number of aryl methyl sites for hydroxylation is 1. The van der Waals surface area contributed by atoms with E-state index in [4.69, 9.17) is 4.74 Å². The highest BCUT2D eigenvalue weighted by Crippen LogP contribution is 2.21. The average molecular weight is 343 g/mol. The van der Waals surface area contributed by atoms with E-state index in [-0.39, 0.29) is 11.9 Å². The van der Waals surface area contributed by atoms with Crippen LogP contribution in [0, 0.1) is 0 Å². The number of amides is 1. The number of nitrogens with one attached hydrogen (secondary N) is 1. The summed E-state index contributed by atoms with van der Waals surface area (Å²) in [5.74, 6) is 1.04. The highest BCUT2D eigenvalue weighted by Gasteiger charge is 2.28. The van der Waals surface area contributed by atoms with Crippen LogP contribution in [0.15, 0.2) is 36.9 Å². The van der Waals surface area contributed by atoms with E-state index in [1.807, 2.05) is 18.3 Å². The quantitative estimate of drug-likeness (QED) is 0.813. The lowest BCUT2D eigenvalue weighted by Gasteiger charge is -2.33. The molecule has 0 radical (unpaired) electrons. The van der Waals surface area contributed by atoms with Gasteiger partial charge in [0.1, 0.15) is 11.9 Å². The number of imidazole rings is 1. The maximum absolute atomic E-state index is 12.9. The van der Waals surface area contributed by atoms with E-state index in [2.05, 4.69) is 31.7 Å². The number of carbonyl (C=O) groups excluding carboxylic acids is 1. The molecule has 25 heavy (non-hydrogen) atoms. The molecule has 3 rings (SSSR count). The molecule has 2 aromatic heterocycles. The normalized spacial score (nSPS) is 16.5. The van der Waals surface area contributed by atoms with Crippen LogP contribution in [0.1, 0.15) is 24.4 Å². The fourth-order valence-electron chi connectivity index (χ4n) is 3.16. The van der Waals surface area contributed by atoms with Crippen molar-refractivity contribution in [2.24, 2.45) is 0 Å². The number of carbonyl (C=O) groups is 1. The summed E-state index contributed by atoms with van der Waals surface area (Å²) in [7, 11) is 0. The molecular weight excluding hydrogens is 318 g/mol. The third-order valence-electron chi connectivity index (χ3n) is 4.43. The summed E-state index contributed by atoms with van der Waals surface area (Å²) in [6.45, 7) is 6.16. The van der Waals surface area contributed by atoms with E-state index >= 15 is 0 Å². The van der Waals surface area contributed by atoms with Crippen LogP contribution in [-0.2, 0) is 22.5 Å². The Kier molecular flexibility index (Phi) is 6.14. The molecule has 134 valence electrons. The van der Waals surface area contributed by atoms with Gasteiger partial charge in [0.05, 0.1) is 13.2 Å². The molecule has 1 fully saturated rings. The summed E-state index contributed by atoms with van der Waals surface area (Å²) in [5, 5.41) is 3.07. The van der Waals surface area contributed by atoms with Gasteiger partial charge in [-0.25, -0.2) is 4.98 Å². The third-order valence-corrected chi connectivity index (χ3v) is 4.43. The number of nitrogens with zero attached hydrogens (tertiary/aromatic N) is 4. The first kappa shape index (κ1) is 17.6. The summed E-state index contributed by atoms with van der Waals surface area (Å²) >= 11 is 0. The Balaban J connectivity index is 1.64. The van der Waals surface area contributed by atoms with E-state index in [0.717, 1.165) is 37.4 Å². The Hall–Kier alpha value is -2.25. The van der Waals surface area contributed by atoms with Gasteiger partial charge in [-0.1, -0.05) is 13.0 Å². The molecule has 7 nitrogen and oxygen atoms in total. The lowest BCUT2D eigenvalue weighted by atomic mass is 10.1. The van der Waals surface area contributed by atoms with Gasteiger partial charge in [-0.2, -0.15) is 0 Å². The molecule has 0 spiro atoms. The van der Waals surface area contributed by atoms with Gasteiger partial charge in [-0.3, -0.25) is 14.7 Å². The molecule has 0 saturated carbocycles. The second-order valence-electron chi connectivity index (χ2n) is 6.02. The van der Waals surface area contributed by atoms with Crippen molar-refractivity contribution in [3.8, 4) is 0 Å². The van der Waals surface area contributed by atoms with Crippen LogP contribution in [0.25, 0.3) is 0 Å². The highest BCUT2D eigenvalue weighted by molar-refractivity contribution is 5.83. The largest absolute Gasteiger partial charge is 0.379 e. The minimum absolute atomic E-state index is 0.00747. The zero-order valence-electron chi connectivity index (χ0n) is 14.6. The molecule has 7 heteroatoms. The van der Waals surface area contributed by atoms with Crippen molar-refractivity contribution in [1.82, 2.24) is 24.8 Å². The number of ether oxygens (including phenoxy) is 1. The summed E-state index contributed by atoms with van der Waals surface area (Å²) in [6.07, 6.45) is 8.12.